The summed E-state index contributed by atoms with van der Waals surface area (Å²) in [5.41, 5.74) is 2.45. The maximum Gasteiger partial charge on any atom is 0.417 e. The molecule has 4 rings (SSSR count). The Kier molecular flexibility index (Phi) is 5.22. The topological polar surface area (TPSA) is 59.3 Å². The maximum atomic E-state index is 12.9. The van der Waals surface area contributed by atoms with Crippen molar-refractivity contribution < 1.29 is 18.0 Å². The van der Waals surface area contributed by atoms with E-state index < -0.39 is 11.7 Å². The molecule has 1 amide bonds. The number of amides is 1. The number of pyridine rings is 1. The van der Waals surface area contributed by atoms with E-state index in [0.29, 0.717) is 0 Å². The van der Waals surface area contributed by atoms with Crippen LogP contribution in [-0.4, -0.2) is 20.5 Å². The Balaban J connectivity index is 1.40. The van der Waals surface area contributed by atoms with Crippen LogP contribution in [-0.2, 0) is 23.9 Å². The molecule has 0 unspecified atom stereocenters. The van der Waals surface area contributed by atoms with Crippen LogP contribution in [0.2, 0.25) is 0 Å². The smallest absolute Gasteiger partial charge is 0.348 e. The molecule has 4 aromatic rings. The quantitative estimate of drug-likeness (QED) is 0.535. The molecule has 0 aliphatic heterocycles. The molecule has 0 bridgehead atoms. The van der Waals surface area contributed by atoms with Crippen LogP contribution < -0.4 is 5.32 Å². The van der Waals surface area contributed by atoms with E-state index in [1.165, 1.54) is 10.5 Å². The highest BCUT2D eigenvalue weighted by Gasteiger charge is 2.31. The minimum Gasteiger partial charge on any atom is -0.348 e. The van der Waals surface area contributed by atoms with Gasteiger partial charge in [0.25, 0.3) is 0 Å². The third kappa shape index (κ3) is 4.32. The van der Waals surface area contributed by atoms with Crippen molar-refractivity contribution in [1.29, 1.82) is 0 Å². The lowest BCUT2D eigenvalue weighted by molar-refractivity contribution is -0.137. The van der Waals surface area contributed by atoms with Crippen LogP contribution in [0.5, 0.6) is 0 Å². The molecule has 2 heterocycles. The fourth-order valence-corrected chi connectivity index (χ4v) is 3.10. The van der Waals surface area contributed by atoms with Gasteiger partial charge in [-0.15, -0.1) is 10.2 Å². The number of hydrogen-bond donors (Lipinski definition) is 1. The molecule has 2 aromatic heterocycles. The first kappa shape index (κ1) is 19.6. The lowest BCUT2D eigenvalue weighted by Crippen LogP contribution is -2.25. The van der Waals surface area contributed by atoms with Crippen molar-refractivity contribution in [3.8, 4) is 11.1 Å². The summed E-state index contributed by atoms with van der Waals surface area (Å²) in [6, 6.07) is 19.7. The molecular formula is C22H17F3N4O. The minimum atomic E-state index is -4.47. The summed E-state index contributed by atoms with van der Waals surface area (Å²) in [6.45, 7) is -0.0244. The molecule has 2 aromatic carbocycles. The second-order valence-electron chi connectivity index (χ2n) is 6.78. The van der Waals surface area contributed by atoms with Crippen molar-refractivity contribution in [3.63, 3.8) is 0 Å². The van der Waals surface area contributed by atoms with Crippen LogP contribution in [0.1, 0.15) is 17.0 Å². The van der Waals surface area contributed by atoms with Gasteiger partial charge in [0.15, 0.2) is 11.5 Å². The van der Waals surface area contributed by atoms with E-state index in [9.17, 15) is 18.0 Å². The van der Waals surface area contributed by atoms with Crippen LogP contribution in [0, 0.1) is 0 Å². The number of hydrogen-bond acceptors (Lipinski definition) is 3. The normalized spacial score (nSPS) is 11.6. The molecule has 0 atom stereocenters. The molecule has 5 nitrogen and oxygen atoms in total. The third-order valence-electron chi connectivity index (χ3n) is 4.67. The van der Waals surface area contributed by atoms with E-state index in [0.717, 1.165) is 29.0 Å². The fourth-order valence-electron chi connectivity index (χ4n) is 3.10. The van der Waals surface area contributed by atoms with Gasteiger partial charge in [-0.1, -0.05) is 54.6 Å². The Labute approximate surface area is 170 Å². The van der Waals surface area contributed by atoms with Gasteiger partial charge in [-0.2, -0.15) is 13.2 Å². The van der Waals surface area contributed by atoms with E-state index >= 15 is 0 Å². The first-order chi connectivity index (χ1) is 14.4. The Bertz CT molecular complexity index is 1170. The van der Waals surface area contributed by atoms with Crippen molar-refractivity contribution in [2.45, 2.75) is 19.1 Å². The van der Waals surface area contributed by atoms with Crippen LogP contribution in [0.25, 0.3) is 16.8 Å². The molecule has 1 N–H and O–H groups in total. The minimum absolute atomic E-state index is 0.0244. The average Bonchev–Trinajstić information content (AvgIpc) is 3.15. The van der Waals surface area contributed by atoms with Gasteiger partial charge in [0, 0.05) is 6.20 Å². The molecule has 8 heteroatoms. The van der Waals surface area contributed by atoms with E-state index in [1.54, 1.807) is 0 Å². The summed E-state index contributed by atoms with van der Waals surface area (Å²) < 4.78 is 40.0. The van der Waals surface area contributed by atoms with Crippen molar-refractivity contribution in [2.75, 3.05) is 0 Å². The number of alkyl halides is 3. The molecule has 0 saturated heterocycles. The van der Waals surface area contributed by atoms with Crippen LogP contribution in [0.4, 0.5) is 13.2 Å². The summed E-state index contributed by atoms with van der Waals surface area (Å²) in [5, 5.41) is 10.4. The first-order valence-electron chi connectivity index (χ1n) is 9.22. The Morgan fingerprint density at radius 2 is 1.60 bits per heavy atom. The maximum absolute atomic E-state index is 12.9. The molecule has 0 fully saturated rings. The summed E-state index contributed by atoms with van der Waals surface area (Å²) in [7, 11) is 0. The zero-order valence-electron chi connectivity index (χ0n) is 15.7. The van der Waals surface area contributed by atoms with Gasteiger partial charge in [-0.25, -0.2) is 0 Å². The first-order valence-corrected chi connectivity index (χ1v) is 9.22. The number of nitrogens with zero attached hydrogens (tertiary/aromatic N) is 3. The van der Waals surface area contributed by atoms with Gasteiger partial charge in [-0.05, 0) is 28.8 Å². The molecule has 0 saturated carbocycles. The molecular weight excluding hydrogens is 393 g/mol. The van der Waals surface area contributed by atoms with Crippen molar-refractivity contribution in [2.24, 2.45) is 0 Å². The zero-order valence-corrected chi connectivity index (χ0v) is 15.7. The highest BCUT2D eigenvalue weighted by atomic mass is 19.4. The Morgan fingerprint density at radius 1 is 0.900 bits per heavy atom. The van der Waals surface area contributed by atoms with E-state index in [2.05, 4.69) is 15.5 Å². The number of benzene rings is 2. The average molecular weight is 410 g/mol. The van der Waals surface area contributed by atoms with E-state index in [-0.39, 0.29) is 30.3 Å². The van der Waals surface area contributed by atoms with Crippen molar-refractivity contribution in [1.82, 2.24) is 19.9 Å². The highest BCUT2D eigenvalue weighted by molar-refractivity contribution is 5.78. The molecule has 0 aliphatic rings. The van der Waals surface area contributed by atoms with Gasteiger partial charge in [-0.3, -0.25) is 9.20 Å². The van der Waals surface area contributed by atoms with Gasteiger partial charge in [0.05, 0.1) is 18.5 Å². The summed E-state index contributed by atoms with van der Waals surface area (Å²) >= 11 is 0. The lowest BCUT2D eigenvalue weighted by atomic mass is 10.0. The zero-order chi connectivity index (χ0) is 21.1. The molecule has 152 valence electrons. The van der Waals surface area contributed by atoms with Crippen molar-refractivity contribution >= 4 is 11.6 Å². The second kappa shape index (κ2) is 7.98. The number of carbonyl (C=O) groups excluding carboxylic acids is 1. The van der Waals surface area contributed by atoms with Gasteiger partial charge in [0.2, 0.25) is 5.91 Å². The number of carbonyl (C=O) groups is 1. The van der Waals surface area contributed by atoms with Crippen LogP contribution in [0.3, 0.4) is 0 Å². The van der Waals surface area contributed by atoms with Crippen molar-refractivity contribution in [3.05, 3.63) is 89.9 Å². The SMILES string of the molecule is O=C(Cc1ccc(-c2ccccc2)cc1)NCc1nnc2ccc(C(F)(F)F)cn12. The molecule has 0 aliphatic carbocycles. The Hall–Kier alpha value is -3.68. The Morgan fingerprint density at radius 3 is 2.30 bits per heavy atom. The number of rotatable bonds is 5. The number of fused-ring (bicyclic) bond motifs is 1. The third-order valence-corrected chi connectivity index (χ3v) is 4.67. The molecule has 0 radical (unpaired) electrons. The second-order valence-corrected chi connectivity index (χ2v) is 6.78. The summed E-state index contributed by atoms with van der Waals surface area (Å²) in [6.07, 6.45) is -3.39. The predicted octanol–water partition coefficient (Wildman–Crippen LogP) is 4.27. The number of aromatic nitrogens is 3. The monoisotopic (exact) mass is 410 g/mol. The van der Waals surface area contributed by atoms with Gasteiger partial charge in [0.1, 0.15) is 0 Å². The summed E-state index contributed by atoms with van der Waals surface area (Å²) in [5.74, 6) is -0.0323. The summed E-state index contributed by atoms with van der Waals surface area (Å²) in [4.78, 5) is 12.3. The van der Waals surface area contributed by atoms with E-state index in [1.807, 2.05) is 54.6 Å². The highest BCUT2D eigenvalue weighted by Crippen LogP contribution is 2.29. The molecule has 30 heavy (non-hydrogen) atoms. The standard InChI is InChI=1S/C22H17F3N4O/c23-22(24,25)18-10-11-19-27-28-20(29(19)14-18)13-26-21(30)12-15-6-8-17(9-7-15)16-4-2-1-3-5-16/h1-11,14H,12-13H2,(H,26,30). The number of nitrogens with one attached hydrogen (secondary N) is 1. The van der Waals surface area contributed by atoms with Gasteiger partial charge >= 0.3 is 6.18 Å². The van der Waals surface area contributed by atoms with Crippen LogP contribution >= 0.6 is 0 Å². The largest absolute Gasteiger partial charge is 0.417 e. The van der Waals surface area contributed by atoms with Gasteiger partial charge < -0.3 is 5.32 Å². The number of halogens is 3. The lowest BCUT2D eigenvalue weighted by Gasteiger charge is -2.08. The fraction of sp³-hybridized carbons (Fsp3) is 0.136. The van der Waals surface area contributed by atoms with Crippen LogP contribution in [0.15, 0.2) is 72.9 Å². The molecule has 0 spiro atoms. The van der Waals surface area contributed by atoms with E-state index in [4.69, 9.17) is 0 Å². The predicted molar refractivity (Wildman–Crippen MR) is 105 cm³/mol.